The minimum atomic E-state index is -1.78. The molecule has 0 heterocycles. The highest BCUT2D eigenvalue weighted by atomic mass is 28.4. The van der Waals surface area contributed by atoms with Crippen molar-refractivity contribution in [3.8, 4) is 0 Å². The van der Waals surface area contributed by atoms with Crippen molar-refractivity contribution >= 4 is 22.5 Å². The minimum absolute atomic E-state index is 0.0726. The molecule has 1 N–H and O–H groups in total. The molecule has 0 saturated carbocycles. The Morgan fingerprint density at radius 2 is 1.50 bits per heavy atom. The second kappa shape index (κ2) is 5.47. The van der Waals surface area contributed by atoms with Crippen LogP contribution in [-0.2, 0) is 9.22 Å². The third-order valence-corrected chi connectivity index (χ3v) is 3.91. The Bertz CT molecular complexity index is 241. The van der Waals surface area contributed by atoms with Gasteiger partial charge in [0, 0.05) is 0 Å². The van der Waals surface area contributed by atoms with Gasteiger partial charge in [0.2, 0.25) is 8.32 Å². The Hall–Kier alpha value is -0.136. The fraction of sp³-hybridized carbons (Fsp3) is 0.909. The predicted octanol–water partition coefficient (Wildman–Crippen LogP) is 2.81. The molecule has 0 aliphatic carbocycles. The molecular weight excluding hydrogens is 234 g/mol. The van der Waals surface area contributed by atoms with Crippen LogP contribution in [0.2, 0.25) is 39.3 Å². The lowest BCUT2D eigenvalue weighted by Crippen LogP contribution is -2.55. The van der Waals surface area contributed by atoms with Crippen LogP contribution in [0, 0.1) is 5.92 Å². The highest BCUT2D eigenvalue weighted by Gasteiger charge is 2.31. The molecule has 0 aromatic heterocycles. The second-order valence-corrected chi connectivity index (χ2v) is 15.9. The van der Waals surface area contributed by atoms with Crippen LogP contribution < -0.4 is 4.98 Å². The molecule has 16 heavy (non-hydrogen) atoms. The predicted molar refractivity (Wildman–Crippen MR) is 74.5 cm³/mol. The summed E-state index contributed by atoms with van der Waals surface area (Å²) in [7, 11) is -3.24. The lowest BCUT2D eigenvalue weighted by molar-refractivity contribution is -0.138. The first-order valence-corrected chi connectivity index (χ1v) is 12.8. The Kier molecular flexibility index (Phi) is 5.42. The zero-order valence-electron chi connectivity index (χ0n) is 12.0. The van der Waals surface area contributed by atoms with Crippen LogP contribution in [-0.4, -0.2) is 28.6 Å². The van der Waals surface area contributed by atoms with E-state index in [9.17, 15) is 4.79 Å². The molecule has 0 aliphatic rings. The number of carbonyl (C=O) groups is 1. The van der Waals surface area contributed by atoms with Crippen LogP contribution in [0.1, 0.15) is 13.8 Å². The van der Waals surface area contributed by atoms with E-state index in [1.165, 1.54) is 0 Å². The largest absolute Gasteiger partial charge is 0.519 e. The molecule has 3 nitrogen and oxygen atoms in total. The van der Waals surface area contributed by atoms with Gasteiger partial charge in [-0.2, -0.15) is 0 Å². The summed E-state index contributed by atoms with van der Waals surface area (Å²) in [6.45, 7) is 16.8. The summed E-state index contributed by atoms with van der Waals surface area (Å²) < 4.78 is 5.57. The van der Waals surface area contributed by atoms with E-state index in [1.807, 2.05) is 19.6 Å². The van der Waals surface area contributed by atoms with Gasteiger partial charge in [0.15, 0.2) is 0 Å². The molecule has 0 aliphatic heterocycles. The van der Waals surface area contributed by atoms with E-state index in [2.05, 4.69) is 38.5 Å². The summed E-state index contributed by atoms with van der Waals surface area (Å²) in [6.07, 6.45) is 0. The van der Waals surface area contributed by atoms with Gasteiger partial charge >= 0.3 is 5.97 Å². The van der Waals surface area contributed by atoms with Gasteiger partial charge in [-0.05, 0) is 25.6 Å². The van der Waals surface area contributed by atoms with Crippen molar-refractivity contribution in [2.24, 2.45) is 5.92 Å². The van der Waals surface area contributed by atoms with E-state index in [0.29, 0.717) is 0 Å². The average Bonchev–Trinajstić information content (AvgIpc) is 1.94. The summed E-state index contributed by atoms with van der Waals surface area (Å²) in [5.41, 5.74) is 0. The number of rotatable bonds is 5. The van der Waals surface area contributed by atoms with Gasteiger partial charge < -0.3 is 9.41 Å². The first-order valence-electron chi connectivity index (χ1n) is 5.93. The summed E-state index contributed by atoms with van der Waals surface area (Å²) in [5.74, 6) is 0.201. The molecule has 0 amide bonds. The fourth-order valence-corrected chi connectivity index (χ4v) is 3.44. The van der Waals surface area contributed by atoms with Crippen LogP contribution in [0.3, 0.4) is 0 Å². The van der Waals surface area contributed by atoms with Crippen LogP contribution in [0.15, 0.2) is 0 Å². The molecule has 0 aromatic carbocycles. The Morgan fingerprint density at radius 3 is 1.75 bits per heavy atom. The van der Waals surface area contributed by atoms with E-state index in [4.69, 9.17) is 4.43 Å². The van der Waals surface area contributed by atoms with Gasteiger partial charge in [-0.3, -0.25) is 4.79 Å². The second-order valence-electron chi connectivity index (χ2n) is 6.65. The molecule has 1 atom stereocenters. The van der Waals surface area contributed by atoms with Crippen molar-refractivity contribution in [3.63, 3.8) is 0 Å². The Balaban J connectivity index is 4.62. The number of hydrogen-bond donors (Lipinski definition) is 1. The molecule has 0 aromatic rings. The third kappa shape index (κ3) is 7.19. The number of hydrogen-bond acceptors (Lipinski definition) is 3. The highest BCUT2D eigenvalue weighted by molar-refractivity contribution is 6.74. The quantitative estimate of drug-likeness (QED) is 0.774. The zero-order valence-corrected chi connectivity index (χ0v) is 14.0. The Labute approximate surface area is 102 Å². The van der Waals surface area contributed by atoms with E-state index in [1.54, 1.807) is 0 Å². The van der Waals surface area contributed by atoms with Gasteiger partial charge in [-0.25, -0.2) is 0 Å². The van der Waals surface area contributed by atoms with Crippen molar-refractivity contribution in [1.82, 2.24) is 4.98 Å². The molecular formula is C11H27NO2Si2. The number of nitrogens with one attached hydrogen (secondary N) is 1. The topological polar surface area (TPSA) is 38.3 Å². The maximum Gasteiger partial charge on any atom is 0.309 e. The van der Waals surface area contributed by atoms with Crippen molar-refractivity contribution in [1.29, 1.82) is 0 Å². The number of carbonyl (C=O) groups excluding carboxylic acids is 1. The molecule has 5 heteroatoms. The summed E-state index contributed by atoms with van der Waals surface area (Å²) in [4.78, 5) is 15.5. The standard InChI is InChI=1S/C11H27NO2Si2/c1-9(2)10(12-15(3,4)5)11(13)14-16(6,7)8/h9-10,12H,1-8H3. The summed E-state index contributed by atoms with van der Waals surface area (Å²) in [6, 6.07) is -0.154. The maximum atomic E-state index is 12.1. The van der Waals surface area contributed by atoms with Crippen LogP contribution in [0.5, 0.6) is 0 Å². The molecule has 0 bridgehead atoms. The molecule has 0 rings (SSSR count). The summed E-state index contributed by atoms with van der Waals surface area (Å²) >= 11 is 0. The van der Waals surface area contributed by atoms with Crippen LogP contribution >= 0.6 is 0 Å². The maximum absolute atomic E-state index is 12.1. The van der Waals surface area contributed by atoms with Gasteiger partial charge in [-0.15, -0.1) is 0 Å². The highest BCUT2D eigenvalue weighted by Crippen LogP contribution is 2.12. The third-order valence-electron chi connectivity index (χ3n) is 1.92. The van der Waals surface area contributed by atoms with Crippen molar-refractivity contribution in [3.05, 3.63) is 0 Å². The first-order chi connectivity index (χ1) is 6.92. The van der Waals surface area contributed by atoms with Gasteiger partial charge in [0.1, 0.15) is 14.3 Å². The molecule has 0 spiro atoms. The van der Waals surface area contributed by atoms with Crippen molar-refractivity contribution < 1.29 is 9.22 Å². The Morgan fingerprint density at radius 1 is 1.06 bits per heavy atom. The van der Waals surface area contributed by atoms with Crippen molar-refractivity contribution in [2.75, 3.05) is 0 Å². The first kappa shape index (κ1) is 15.9. The van der Waals surface area contributed by atoms with E-state index < -0.39 is 16.6 Å². The smallest absolute Gasteiger partial charge is 0.309 e. The van der Waals surface area contributed by atoms with Crippen LogP contribution in [0.4, 0.5) is 0 Å². The SMILES string of the molecule is CC(C)C(N[Si](C)(C)C)C(=O)O[Si](C)(C)C. The fourth-order valence-electron chi connectivity index (χ4n) is 1.33. The monoisotopic (exact) mass is 261 g/mol. The molecule has 0 radical (unpaired) electrons. The normalized spacial score (nSPS) is 15.1. The molecule has 1 unspecified atom stereocenters. The average molecular weight is 262 g/mol. The van der Waals surface area contributed by atoms with E-state index in [0.717, 1.165) is 0 Å². The van der Waals surface area contributed by atoms with E-state index in [-0.39, 0.29) is 17.9 Å². The van der Waals surface area contributed by atoms with Gasteiger partial charge in [0.05, 0.1) is 0 Å². The molecule has 0 fully saturated rings. The van der Waals surface area contributed by atoms with Crippen LogP contribution in [0.25, 0.3) is 0 Å². The molecule has 96 valence electrons. The molecule has 0 saturated heterocycles. The van der Waals surface area contributed by atoms with Gasteiger partial charge in [-0.1, -0.05) is 33.5 Å². The minimum Gasteiger partial charge on any atom is -0.519 e. The zero-order chi connectivity index (χ0) is 13.1. The van der Waals surface area contributed by atoms with Gasteiger partial charge in [0.25, 0.3) is 0 Å². The lowest BCUT2D eigenvalue weighted by Gasteiger charge is -2.30. The van der Waals surface area contributed by atoms with Crippen molar-refractivity contribution in [2.45, 2.75) is 59.2 Å². The summed E-state index contributed by atoms with van der Waals surface area (Å²) in [5, 5.41) is 0. The lowest BCUT2D eigenvalue weighted by atomic mass is 10.1. The van der Waals surface area contributed by atoms with E-state index >= 15 is 0 Å².